The van der Waals surface area contributed by atoms with Gasteiger partial charge in [0, 0.05) is 19.0 Å². The summed E-state index contributed by atoms with van der Waals surface area (Å²) in [4.78, 5) is 11.5. The van der Waals surface area contributed by atoms with Crippen molar-refractivity contribution in [3.05, 3.63) is 5.89 Å². The molecule has 0 radical (unpaired) electrons. The molecular weight excluding hydrogens is 246 g/mol. The largest absolute Gasteiger partial charge is 0.407 e. The number of carbonyl (C=O) groups excluding carboxylic acids is 1. The molecule has 0 saturated carbocycles. The highest BCUT2D eigenvalue weighted by Crippen LogP contribution is 2.04. The van der Waals surface area contributed by atoms with E-state index in [0.29, 0.717) is 31.4 Å². The molecule has 0 saturated heterocycles. The van der Waals surface area contributed by atoms with Gasteiger partial charge >= 0.3 is 6.01 Å². The topological polar surface area (TPSA) is 92.1 Å². The van der Waals surface area contributed by atoms with Crippen LogP contribution in [0.15, 0.2) is 4.42 Å². The van der Waals surface area contributed by atoms with Gasteiger partial charge in [-0.05, 0) is 19.9 Å². The Balaban J connectivity index is 2.21. The molecule has 1 aromatic heterocycles. The highest BCUT2D eigenvalue weighted by atomic mass is 16.4. The second-order valence-corrected chi connectivity index (χ2v) is 4.33. The lowest BCUT2D eigenvalue weighted by atomic mass is 10.2. The number of hydrogen-bond donors (Lipinski definition) is 3. The van der Waals surface area contributed by atoms with Crippen LogP contribution in [0.4, 0.5) is 6.01 Å². The Hall–Kier alpha value is -1.63. The van der Waals surface area contributed by atoms with E-state index in [1.807, 2.05) is 20.8 Å². The van der Waals surface area contributed by atoms with Gasteiger partial charge in [-0.15, -0.1) is 5.10 Å². The van der Waals surface area contributed by atoms with Crippen molar-refractivity contribution in [3.8, 4) is 0 Å². The number of nitrogens with zero attached hydrogens (tertiary/aromatic N) is 2. The molecule has 0 aliphatic heterocycles. The molecule has 7 nitrogen and oxygen atoms in total. The summed E-state index contributed by atoms with van der Waals surface area (Å²) in [6.07, 6.45) is 1.31. The van der Waals surface area contributed by atoms with E-state index in [4.69, 9.17) is 4.42 Å². The lowest BCUT2D eigenvalue weighted by Crippen LogP contribution is -2.32. The molecule has 3 N–H and O–H groups in total. The molecule has 0 aliphatic carbocycles. The molecule has 7 heteroatoms. The molecule has 0 fully saturated rings. The maximum absolute atomic E-state index is 11.5. The van der Waals surface area contributed by atoms with Crippen LogP contribution in [0, 0.1) is 0 Å². The molecule has 1 heterocycles. The van der Waals surface area contributed by atoms with Gasteiger partial charge in [-0.25, -0.2) is 0 Å². The third-order valence-electron chi connectivity index (χ3n) is 2.64. The van der Waals surface area contributed by atoms with Crippen LogP contribution in [0.5, 0.6) is 0 Å². The Morgan fingerprint density at radius 1 is 1.37 bits per heavy atom. The minimum absolute atomic E-state index is 0.0224. The monoisotopic (exact) mass is 269 g/mol. The smallest absolute Gasteiger partial charge is 0.315 e. The molecule has 19 heavy (non-hydrogen) atoms. The summed E-state index contributed by atoms with van der Waals surface area (Å²) in [5, 5.41) is 16.6. The predicted molar refractivity (Wildman–Crippen MR) is 72.7 cm³/mol. The third kappa shape index (κ3) is 6.19. The molecule has 0 spiro atoms. The summed E-state index contributed by atoms with van der Waals surface area (Å²) in [6.45, 7) is 7.90. The number of anilines is 1. The van der Waals surface area contributed by atoms with E-state index < -0.39 is 0 Å². The van der Waals surface area contributed by atoms with Crippen molar-refractivity contribution in [2.75, 3.05) is 18.4 Å². The van der Waals surface area contributed by atoms with Crippen LogP contribution in [0.2, 0.25) is 0 Å². The summed E-state index contributed by atoms with van der Waals surface area (Å²) < 4.78 is 5.34. The van der Waals surface area contributed by atoms with Gasteiger partial charge in [0.1, 0.15) is 0 Å². The Morgan fingerprint density at radius 2 is 2.16 bits per heavy atom. The summed E-state index contributed by atoms with van der Waals surface area (Å²) in [5.41, 5.74) is 0. The first-order chi connectivity index (χ1) is 9.15. The standard InChI is InChI=1S/C12H23N5O2/c1-4-9(3)15-10(18)6-7-14-12-17-16-11(19-12)8-13-5-2/h9,13H,4-8H2,1-3H3,(H,14,17)(H,15,18). The number of amides is 1. The Morgan fingerprint density at radius 3 is 2.84 bits per heavy atom. The zero-order chi connectivity index (χ0) is 14.1. The lowest BCUT2D eigenvalue weighted by Gasteiger charge is -2.10. The van der Waals surface area contributed by atoms with Gasteiger partial charge < -0.3 is 20.4 Å². The Labute approximate surface area is 113 Å². The molecule has 0 bridgehead atoms. The molecule has 0 aromatic carbocycles. The molecular formula is C12H23N5O2. The van der Waals surface area contributed by atoms with Crippen molar-refractivity contribution in [2.45, 2.75) is 46.2 Å². The van der Waals surface area contributed by atoms with Gasteiger partial charge in [0.15, 0.2) is 0 Å². The van der Waals surface area contributed by atoms with Gasteiger partial charge in [-0.3, -0.25) is 4.79 Å². The van der Waals surface area contributed by atoms with Crippen molar-refractivity contribution in [2.24, 2.45) is 0 Å². The molecule has 1 rings (SSSR count). The van der Waals surface area contributed by atoms with E-state index in [1.54, 1.807) is 0 Å². The van der Waals surface area contributed by atoms with Gasteiger partial charge in [0.05, 0.1) is 6.54 Å². The van der Waals surface area contributed by atoms with Crippen LogP contribution in [0.3, 0.4) is 0 Å². The average molecular weight is 269 g/mol. The molecule has 1 amide bonds. The first-order valence-electron chi connectivity index (χ1n) is 6.72. The first kappa shape index (κ1) is 15.4. The molecule has 1 atom stereocenters. The number of carbonyl (C=O) groups is 1. The first-order valence-corrected chi connectivity index (χ1v) is 6.72. The van der Waals surface area contributed by atoms with Gasteiger partial charge in [-0.1, -0.05) is 18.9 Å². The number of rotatable bonds is 9. The van der Waals surface area contributed by atoms with Gasteiger partial charge in [0.25, 0.3) is 0 Å². The molecule has 1 aromatic rings. The average Bonchev–Trinajstić information content (AvgIpc) is 2.84. The van der Waals surface area contributed by atoms with E-state index in [9.17, 15) is 4.79 Å². The van der Waals surface area contributed by atoms with Crippen LogP contribution < -0.4 is 16.0 Å². The number of aromatic nitrogens is 2. The highest BCUT2D eigenvalue weighted by Gasteiger charge is 2.07. The van der Waals surface area contributed by atoms with E-state index in [0.717, 1.165) is 13.0 Å². The highest BCUT2D eigenvalue weighted by molar-refractivity contribution is 5.76. The third-order valence-corrected chi connectivity index (χ3v) is 2.64. The second-order valence-electron chi connectivity index (χ2n) is 4.33. The summed E-state index contributed by atoms with van der Waals surface area (Å²) in [6, 6.07) is 0.562. The number of hydrogen-bond acceptors (Lipinski definition) is 6. The fraction of sp³-hybridized carbons (Fsp3) is 0.750. The molecule has 108 valence electrons. The summed E-state index contributed by atoms with van der Waals surface area (Å²) in [7, 11) is 0. The van der Waals surface area contributed by atoms with Gasteiger partial charge in [-0.2, -0.15) is 0 Å². The van der Waals surface area contributed by atoms with E-state index in [-0.39, 0.29) is 11.9 Å². The van der Waals surface area contributed by atoms with E-state index in [1.165, 1.54) is 0 Å². The van der Waals surface area contributed by atoms with Crippen LogP contribution in [0.1, 0.15) is 39.5 Å². The minimum atomic E-state index is 0.0224. The van der Waals surface area contributed by atoms with Crippen molar-refractivity contribution in [3.63, 3.8) is 0 Å². The van der Waals surface area contributed by atoms with Crippen molar-refractivity contribution in [1.29, 1.82) is 0 Å². The lowest BCUT2D eigenvalue weighted by molar-refractivity contribution is -0.121. The van der Waals surface area contributed by atoms with Crippen molar-refractivity contribution >= 4 is 11.9 Å². The van der Waals surface area contributed by atoms with E-state index in [2.05, 4.69) is 26.1 Å². The SMILES string of the molecule is CCNCc1nnc(NCCC(=O)NC(C)CC)o1. The van der Waals surface area contributed by atoms with Gasteiger partial charge in [0.2, 0.25) is 11.8 Å². The quantitative estimate of drug-likeness (QED) is 0.617. The Kier molecular flexibility index (Phi) is 6.88. The van der Waals surface area contributed by atoms with Crippen LogP contribution >= 0.6 is 0 Å². The Bertz CT molecular complexity index is 380. The summed E-state index contributed by atoms with van der Waals surface area (Å²) in [5.74, 6) is 0.558. The zero-order valence-electron chi connectivity index (χ0n) is 11.8. The van der Waals surface area contributed by atoms with Crippen LogP contribution in [-0.2, 0) is 11.3 Å². The van der Waals surface area contributed by atoms with Crippen molar-refractivity contribution < 1.29 is 9.21 Å². The maximum Gasteiger partial charge on any atom is 0.315 e. The minimum Gasteiger partial charge on any atom is -0.407 e. The molecule has 0 aliphatic rings. The van der Waals surface area contributed by atoms with Crippen molar-refractivity contribution in [1.82, 2.24) is 20.8 Å². The fourth-order valence-electron chi connectivity index (χ4n) is 1.36. The normalized spacial score (nSPS) is 12.2. The predicted octanol–water partition coefficient (Wildman–Crippen LogP) is 0.896. The van der Waals surface area contributed by atoms with Crippen LogP contribution in [0.25, 0.3) is 0 Å². The maximum atomic E-state index is 11.5. The fourth-order valence-corrected chi connectivity index (χ4v) is 1.36. The summed E-state index contributed by atoms with van der Waals surface area (Å²) >= 11 is 0. The zero-order valence-corrected chi connectivity index (χ0v) is 11.8. The number of nitrogens with one attached hydrogen (secondary N) is 3. The van der Waals surface area contributed by atoms with Crippen LogP contribution in [-0.4, -0.2) is 35.2 Å². The second kappa shape index (κ2) is 8.47. The van der Waals surface area contributed by atoms with E-state index >= 15 is 0 Å². The molecule has 1 unspecified atom stereocenters.